The van der Waals surface area contributed by atoms with Crippen molar-refractivity contribution in [3.05, 3.63) is 81.7 Å². The minimum Gasteiger partial charge on any atom is -0.497 e. The first-order valence-electron chi connectivity index (χ1n) is 11.1. The molecule has 9 heteroatoms. The Labute approximate surface area is 190 Å². The van der Waals surface area contributed by atoms with Crippen LogP contribution >= 0.6 is 0 Å². The van der Waals surface area contributed by atoms with E-state index in [1.165, 1.54) is 12.1 Å². The summed E-state index contributed by atoms with van der Waals surface area (Å²) in [6.07, 6.45) is 3.27. The molecular formula is C24H25FN6O2. The lowest BCUT2D eigenvalue weighted by molar-refractivity contribution is 0.177. The Bertz CT molecular complexity index is 1310. The molecule has 2 aromatic carbocycles. The van der Waals surface area contributed by atoms with Gasteiger partial charge in [-0.25, -0.2) is 9.07 Å². The number of tetrazole rings is 1. The average Bonchev–Trinajstić information content (AvgIpc) is 3.29. The molecule has 1 atom stereocenters. The lowest BCUT2D eigenvalue weighted by Crippen LogP contribution is -2.38. The van der Waals surface area contributed by atoms with Crippen LogP contribution in [0, 0.1) is 5.82 Å². The van der Waals surface area contributed by atoms with Crippen molar-refractivity contribution in [2.24, 2.45) is 0 Å². The van der Waals surface area contributed by atoms with Crippen molar-refractivity contribution in [2.45, 2.75) is 31.8 Å². The van der Waals surface area contributed by atoms with Gasteiger partial charge in [0.25, 0.3) is 5.56 Å². The van der Waals surface area contributed by atoms with Crippen LogP contribution in [0.15, 0.2) is 53.3 Å². The van der Waals surface area contributed by atoms with Crippen LogP contribution < -0.4 is 10.3 Å². The van der Waals surface area contributed by atoms with E-state index in [4.69, 9.17) is 4.74 Å². The van der Waals surface area contributed by atoms with Gasteiger partial charge in [0, 0.05) is 11.6 Å². The first kappa shape index (κ1) is 21.3. The number of halogens is 1. The Morgan fingerprint density at radius 2 is 1.88 bits per heavy atom. The third-order valence-electron chi connectivity index (χ3n) is 6.18. The standard InChI is InChI=1S/C24H25FN6O2/c1-33-19-10-7-17-13-20(24(32)26-21(17)14-19)22(30-11-3-2-4-12-30)23-27-28-29-31(23)15-16-5-8-18(25)9-6-16/h5-10,13-14,22H,2-4,11-12,15H2,1H3,(H,26,32)/t22-/m1/s1. The summed E-state index contributed by atoms with van der Waals surface area (Å²) in [5, 5.41) is 13.4. The van der Waals surface area contributed by atoms with Gasteiger partial charge in [-0.3, -0.25) is 9.69 Å². The third-order valence-corrected chi connectivity index (χ3v) is 6.18. The van der Waals surface area contributed by atoms with Gasteiger partial charge in [0.15, 0.2) is 5.82 Å². The maximum absolute atomic E-state index is 13.4. The normalized spacial score (nSPS) is 15.6. The van der Waals surface area contributed by atoms with E-state index in [-0.39, 0.29) is 11.4 Å². The quantitative estimate of drug-likeness (QED) is 0.487. The van der Waals surface area contributed by atoms with Crippen LogP contribution in [0.2, 0.25) is 0 Å². The summed E-state index contributed by atoms with van der Waals surface area (Å²) >= 11 is 0. The first-order chi connectivity index (χ1) is 16.1. The summed E-state index contributed by atoms with van der Waals surface area (Å²) in [6.45, 7) is 2.10. The second-order valence-electron chi connectivity index (χ2n) is 8.33. The Hall–Kier alpha value is -3.59. The number of H-pyrrole nitrogens is 1. The van der Waals surface area contributed by atoms with Crippen LogP contribution in [0.1, 0.15) is 42.3 Å². The van der Waals surface area contributed by atoms with Crippen molar-refractivity contribution >= 4 is 10.9 Å². The molecule has 0 unspecified atom stereocenters. The number of aromatic nitrogens is 5. The predicted molar refractivity (Wildman–Crippen MR) is 122 cm³/mol. The second kappa shape index (κ2) is 9.11. The number of methoxy groups -OCH3 is 1. The van der Waals surface area contributed by atoms with E-state index < -0.39 is 6.04 Å². The molecule has 0 saturated carbocycles. The number of rotatable bonds is 6. The zero-order chi connectivity index (χ0) is 22.8. The van der Waals surface area contributed by atoms with E-state index >= 15 is 0 Å². The molecule has 2 aromatic heterocycles. The van der Waals surface area contributed by atoms with Crippen molar-refractivity contribution in [3.8, 4) is 5.75 Å². The van der Waals surface area contributed by atoms with Crippen molar-refractivity contribution in [1.29, 1.82) is 0 Å². The Balaban J connectivity index is 1.59. The van der Waals surface area contributed by atoms with E-state index in [0.29, 0.717) is 29.2 Å². The summed E-state index contributed by atoms with van der Waals surface area (Å²) in [6, 6.07) is 13.4. The average molecular weight is 449 g/mol. The Kier molecular flexibility index (Phi) is 5.87. The van der Waals surface area contributed by atoms with E-state index in [0.717, 1.165) is 43.3 Å². The largest absolute Gasteiger partial charge is 0.497 e. The lowest BCUT2D eigenvalue weighted by atomic mass is 10.0. The lowest BCUT2D eigenvalue weighted by Gasteiger charge is -2.33. The molecule has 3 heterocycles. The topological polar surface area (TPSA) is 88.9 Å². The second-order valence-corrected chi connectivity index (χ2v) is 8.33. The number of aromatic amines is 1. The molecule has 1 aliphatic rings. The number of ether oxygens (including phenoxy) is 1. The van der Waals surface area contributed by atoms with E-state index in [9.17, 15) is 9.18 Å². The van der Waals surface area contributed by atoms with Crippen molar-refractivity contribution < 1.29 is 9.13 Å². The van der Waals surface area contributed by atoms with Crippen molar-refractivity contribution in [1.82, 2.24) is 30.1 Å². The molecule has 0 bridgehead atoms. The van der Waals surface area contributed by atoms with Gasteiger partial charge in [0.1, 0.15) is 17.6 Å². The summed E-state index contributed by atoms with van der Waals surface area (Å²) < 4.78 is 20.3. The number of pyridine rings is 1. The molecule has 170 valence electrons. The minimum atomic E-state index is -0.393. The fourth-order valence-electron chi connectivity index (χ4n) is 4.49. The summed E-state index contributed by atoms with van der Waals surface area (Å²) in [7, 11) is 1.60. The molecular weight excluding hydrogens is 423 g/mol. The smallest absolute Gasteiger partial charge is 0.253 e. The highest BCUT2D eigenvalue weighted by Gasteiger charge is 2.31. The number of hydrogen-bond acceptors (Lipinski definition) is 6. The zero-order valence-corrected chi connectivity index (χ0v) is 18.4. The van der Waals surface area contributed by atoms with Gasteiger partial charge in [-0.15, -0.1) is 5.10 Å². The van der Waals surface area contributed by atoms with Gasteiger partial charge in [-0.05, 0) is 77.6 Å². The highest BCUT2D eigenvalue weighted by Crippen LogP contribution is 2.30. The SMILES string of the molecule is COc1ccc2cc([C@H](c3nnnn3Cc3ccc(F)cc3)N3CCCCC3)c(=O)[nH]c2c1. The number of nitrogens with one attached hydrogen (secondary N) is 1. The maximum atomic E-state index is 13.4. The van der Waals surface area contributed by atoms with Crippen LogP contribution in [0.25, 0.3) is 10.9 Å². The van der Waals surface area contributed by atoms with Gasteiger partial charge in [-0.1, -0.05) is 18.6 Å². The molecule has 1 saturated heterocycles. The van der Waals surface area contributed by atoms with Gasteiger partial charge in [-0.2, -0.15) is 0 Å². The van der Waals surface area contributed by atoms with Crippen LogP contribution in [-0.4, -0.2) is 50.3 Å². The van der Waals surface area contributed by atoms with Crippen molar-refractivity contribution in [2.75, 3.05) is 20.2 Å². The minimum absolute atomic E-state index is 0.178. The van der Waals surface area contributed by atoms with Crippen LogP contribution in [0.5, 0.6) is 5.75 Å². The van der Waals surface area contributed by atoms with Gasteiger partial charge in [0.2, 0.25) is 0 Å². The molecule has 8 nitrogen and oxygen atoms in total. The highest BCUT2D eigenvalue weighted by atomic mass is 19.1. The van der Waals surface area contributed by atoms with Crippen LogP contribution in [0.3, 0.4) is 0 Å². The van der Waals surface area contributed by atoms with Gasteiger partial charge in [0.05, 0.1) is 19.2 Å². The third kappa shape index (κ3) is 4.36. The number of fused-ring (bicyclic) bond motifs is 1. The van der Waals surface area contributed by atoms with Gasteiger partial charge >= 0.3 is 0 Å². The van der Waals surface area contributed by atoms with Crippen LogP contribution in [-0.2, 0) is 6.54 Å². The summed E-state index contributed by atoms with van der Waals surface area (Å²) in [5.74, 6) is 0.988. The molecule has 1 fully saturated rings. The molecule has 5 rings (SSSR count). The molecule has 0 spiro atoms. The number of nitrogens with zero attached hydrogens (tertiary/aromatic N) is 5. The molecule has 0 radical (unpaired) electrons. The molecule has 0 aliphatic carbocycles. The maximum Gasteiger partial charge on any atom is 0.253 e. The van der Waals surface area contributed by atoms with Gasteiger partial charge < -0.3 is 9.72 Å². The summed E-state index contributed by atoms with van der Waals surface area (Å²) in [5.41, 5.74) is 2.01. The fourth-order valence-corrected chi connectivity index (χ4v) is 4.49. The Morgan fingerprint density at radius 3 is 2.64 bits per heavy atom. The highest BCUT2D eigenvalue weighted by molar-refractivity contribution is 5.80. The van der Waals surface area contributed by atoms with E-state index in [1.54, 1.807) is 23.9 Å². The number of benzene rings is 2. The molecule has 1 N–H and O–H groups in total. The number of hydrogen-bond donors (Lipinski definition) is 1. The fraction of sp³-hybridized carbons (Fsp3) is 0.333. The molecule has 33 heavy (non-hydrogen) atoms. The number of likely N-dealkylation sites (tertiary alicyclic amines) is 1. The zero-order valence-electron chi connectivity index (χ0n) is 18.4. The monoisotopic (exact) mass is 448 g/mol. The van der Waals surface area contributed by atoms with Crippen molar-refractivity contribution in [3.63, 3.8) is 0 Å². The molecule has 1 aliphatic heterocycles. The van der Waals surface area contributed by atoms with E-state index in [1.807, 2.05) is 24.3 Å². The Morgan fingerprint density at radius 1 is 1.09 bits per heavy atom. The number of piperidine rings is 1. The molecule has 0 amide bonds. The molecule has 4 aromatic rings. The predicted octanol–water partition coefficient (Wildman–Crippen LogP) is 3.29. The summed E-state index contributed by atoms with van der Waals surface area (Å²) in [4.78, 5) is 18.6. The van der Waals surface area contributed by atoms with Crippen LogP contribution in [0.4, 0.5) is 4.39 Å². The van der Waals surface area contributed by atoms with E-state index in [2.05, 4.69) is 25.4 Å². The first-order valence-corrected chi connectivity index (χ1v) is 11.1.